The number of aromatic nitrogens is 1. The van der Waals surface area contributed by atoms with Crippen molar-refractivity contribution in [3.8, 4) is 5.75 Å². The molecule has 1 aromatic heterocycles. The van der Waals surface area contributed by atoms with Crippen LogP contribution in [-0.2, 0) is 10.1 Å². The van der Waals surface area contributed by atoms with Crippen molar-refractivity contribution in [1.82, 2.24) is 4.98 Å². The fraction of sp³-hybridized carbons (Fsp3) is 0.167. The predicted octanol–water partition coefficient (Wildman–Crippen LogP) is 1.87. The second-order valence-electron chi connectivity index (χ2n) is 2.69. The minimum absolute atomic E-state index is 0.690. The molecule has 0 fully saturated rings. The molecule has 0 aliphatic rings. The molecule has 0 atom stereocenters. The molecule has 0 aromatic carbocycles. The van der Waals surface area contributed by atoms with Gasteiger partial charge >= 0.3 is 21.4 Å². The van der Waals surface area contributed by atoms with E-state index < -0.39 is 37.1 Å². The first kappa shape index (κ1) is 14.4. The average Bonchev–Trinajstić information content (AvgIpc) is 2.18. The predicted molar refractivity (Wildman–Crippen MR) is 51.5 cm³/mol. The molecule has 0 spiro atoms. The quantitative estimate of drug-likeness (QED) is 0.366. The Hall–Kier alpha value is -1.62. The summed E-state index contributed by atoms with van der Waals surface area (Å²) in [5.74, 6) is -2.53. The second-order valence-corrected chi connectivity index (χ2v) is 4.63. The van der Waals surface area contributed by atoms with Crippen LogP contribution >= 0.6 is 11.6 Å². The molecule has 0 radical (unpaired) electrons. The lowest BCUT2D eigenvalue weighted by atomic mass is 10.4. The van der Waals surface area contributed by atoms with Crippen LogP contribution in [-0.4, -0.2) is 23.8 Å². The summed E-state index contributed by atoms with van der Waals surface area (Å²) in [5, 5.41) is 9.75. The third-order valence-electron chi connectivity index (χ3n) is 1.49. The molecule has 12 heteroatoms. The van der Waals surface area contributed by atoms with Crippen LogP contribution in [0, 0.1) is 10.1 Å². The highest BCUT2D eigenvalue weighted by Gasteiger charge is 2.49. The zero-order valence-corrected chi connectivity index (χ0v) is 9.58. The molecule has 100 valence electrons. The van der Waals surface area contributed by atoms with Gasteiger partial charge in [0.05, 0.1) is 5.02 Å². The Morgan fingerprint density at radius 1 is 1.44 bits per heavy atom. The lowest BCUT2D eigenvalue weighted by Crippen LogP contribution is -2.28. The topological polar surface area (TPSA) is 99.4 Å². The van der Waals surface area contributed by atoms with Crippen LogP contribution in [0.2, 0.25) is 5.02 Å². The normalized spacial score (nSPS) is 12.2. The van der Waals surface area contributed by atoms with Gasteiger partial charge in [0.1, 0.15) is 6.20 Å². The van der Waals surface area contributed by atoms with Gasteiger partial charge in [-0.05, 0) is 9.91 Å². The van der Waals surface area contributed by atoms with Crippen molar-refractivity contribution in [1.29, 1.82) is 0 Å². The lowest BCUT2D eigenvalue weighted by Gasteiger charge is -2.09. The summed E-state index contributed by atoms with van der Waals surface area (Å²) in [7, 11) is -6.06. The zero-order valence-electron chi connectivity index (χ0n) is 8.01. The first-order valence-corrected chi connectivity index (χ1v) is 5.64. The van der Waals surface area contributed by atoms with Crippen LogP contribution in [0.5, 0.6) is 5.75 Å². The van der Waals surface area contributed by atoms with E-state index in [-0.39, 0.29) is 0 Å². The van der Waals surface area contributed by atoms with E-state index in [2.05, 4.69) is 9.17 Å². The van der Waals surface area contributed by atoms with Gasteiger partial charge in [-0.3, -0.25) is 0 Å². The highest BCUT2D eigenvalue weighted by atomic mass is 35.5. The molecule has 0 bridgehead atoms. The average molecular weight is 307 g/mol. The standard InChI is InChI=1S/C6H2ClF3N2O5S/c7-3-1-2-11-5(12(13)14)4(3)17-18(15,16)6(8,9)10/h1-2H. The maximum absolute atomic E-state index is 12.0. The molecule has 7 nitrogen and oxygen atoms in total. The molecular weight excluding hydrogens is 305 g/mol. The fourth-order valence-electron chi connectivity index (χ4n) is 0.779. The smallest absolute Gasteiger partial charge is 0.365 e. The highest BCUT2D eigenvalue weighted by Crippen LogP contribution is 2.36. The maximum atomic E-state index is 12.0. The number of rotatable bonds is 3. The third kappa shape index (κ3) is 2.79. The monoisotopic (exact) mass is 306 g/mol. The molecule has 1 rings (SSSR count). The van der Waals surface area contributed by atoms with E-state index in [0.717, 1.165) is 12.3 Å². The van der Waals surface area contributed by atoms with Gasteiger partial charge in [0, 0.05) is 6.07 Å². The molecule has 0 aliphatic carbocycles. The lowest BCUT2D eigenvalue weighted by molar-refractivity contribution is -0.390. The summed E-state index contributed by atoms with van der Waals surface area (Å²) in [4.78, 5) is 12.3. The Bertz CT molecular complexity index is 587. The molecule has 0 unspecified atom stereocenters. The summed E-state index contributed by atoms with van der Waals surface area (Å²) in [5.41, 5.74) is -5.74. The molecule has 1 heterocycles. The van der Waals surface area contributed by atoms with E-state index in [0.29, 0.717) is 0 Å². The minimum Gasteiger partial charge on any atom is -0.365 e. The van der Waals surface area contributed by atoms with Crippen LogP contribution in [0.3, 0.4) is 0 Å². The number of alkyl halides is 3. The van der Waals surface area contributed by atoms with Crippen LogP contribution in [0.1, 0.15) is 0 Å². The number of pyridine rings is 1. The Kier molecular flexibility index (Phi) is 3.67. The third-order valence-corrected chi connectivity index (χ3v) is 2.74. The number of halogens is 4. The van der Waals surface area contributed by atoms with Gasteiger partial charge in [-0.25, -0.2) is 0 Å². The highest BCUT2D eigenvalue weighted by molar-refractivity contribution is 7.88. The summed E-state index contributed by atoms with van der Waals surface area (Å²) in [6, 6.07) is 0.843. The summed E-state index contributed by atoms with van der Waals surface area (Å²) >= 11 is 5.33. The van der Waals surface area contributed by atoms with Crippen molar-refractivity contribution in [3.63, 3.8) is 0 Å². The largest absolute Gasteiger partial charge is 0.534 e. The number of nitro groups is 1. The fourth-order valence-corrected chi connectivity index (χ4v) is 1.48. The van der Waals surface area contributed by atoms with Gasteiger partial charge in [-0.1, -0.05) is 11.6 Å². The molecule has 0 aliphatic heterocycles. The summed E-state index contributed by atoms with van der Waals surface area (Å²) in [6.07, 6.45) is 0.813. The Labute approximate surface area is 102 Å². The molecule has 0 saturated heterocycles. The number of hydrogen-bond donors (Lipinski definition) is 0. The van der Waals surface area contributed by atoms with E-state index in [1.54, 1.807) is 0 Å². The molecule has 0 saturated carbocycles. The zero-order chi connectivity index (χ0) is 14.1. The Morgan fingerprint density at radius 3 is 2.44 bits per heavy atom. The molecule has 0 N–H and O–H groups in total. The number of hydrogen-bond acceptors (Lipinski definition) is 6. The van der Waals surface area contributed by atoms with Gasteiger partial charge in [0.15, 0.2) is 0 Å². The maximum Gasteiger partial charge on any atom is 0.534 e. The Morgan fingerprint density at radius 2 is 2.00 bits per heavy atom. The van der Waals surface area contributed by atoms with Gasteiger partial charge < -0.3 is 14.3 Å². The van der Waals surface area contributed by atoms with E-state index in [1.807, 2.05) is 0 Å². The minimum atomic E-state index is -6.06. The molecular formula is C6H2ClF3N2O5S. The van der Waals surface area contributed by atoms with Crippen molar-refractivity contribution >= 4 is 27.5 Å². The van der Waals surface area contributed by atoms with Crippen molar-refractivity contribution in [3.05, 3.63) is 27.4 Å². The van der Waals surface area contributed by atoms with Crippen LogP contribution in [0.25, 0.3) is 0 Å². The molecule has 18 heavy (non-hydrogen) atoms. The van der Waals surface area contributed by atoms with E-state index >= 15 is 0 Å². The van der Waals surface area contributed by atoms with Gasteiger partial charge in [-0.2, -0.15) is 21.6 Å². The number of nitrogens with zero attached hydrogens (tertiary/aromatic N) is 2. The van der Waals surface area contributed by atoms with Gasteiger partial charge in [0.2, 0.25) is 0 Å². The Balaban J connectivity index is 3.33. The van der Waals surface area contributed by atoms with E-state index in [1.165, 1.54) is 0 Å². The van der Waals surface area contributed by atoms with Gasteiger partial charge in [-0.15, -0.1) is 0 Å². The van der Waals surface area contributed by atoms with Crippen LogP contribution in [0.15, 0.2) is 12.3 Å². The summed E-state index contributed by atoms with van der Waals surface area (Å²) < 4.78 is 61.1. The first-order valence-electron chi connectivity index (χ1n) is 3.86. The van der Waals surface area contributed by atoms with Gasteiger partial charge in [0.25, 0.3) is 5.75 Å². The van der Waals surface area contributed by atoms with E-state index in [4.69, 9.17) is 11.6 Å². The van der Waals surface area contributed by atoms with Crippen molar-refractivity contribution in [2.45, 2.75) is 5.51 Å². The van der Waals surface area contributed by atoms with Crippen molar-refractivity contribution < 1.29 is 30.7 Å². The van der Waals surface area contributed by atoms with Crippen LogP contribution < -0.4 is 4.18 Å². The molecule has 1 aromatic rings. The van der Waals surface area contributed by atoms with Crippen LogP contribution in [0.4, 0.5) is 19.0 Å². The van der Waals surface area contributed by atoms with Crippen molar-refractivity contribution in [2.24, 2.45) is 0 Å². The SMILES string of the molecule is O=[N+]([O-])c1nccc(Cl)c1OS(=O)(=O)C(F)(F)F. The second kappa shape index (κ2) is 4.57. The molecule has 0 amide bonds. The van der Waals surface area contributed by atoms with Crippen molar-refractivity contribution in [2.75, 3.05) is 0 Å². The van der Waals surface area contributed by atoms with E-state index in [9.17, 15) is 31.7 Å². The summed E-state index contributed by atoms with van der Waals surface area (Å²) in [6.45, 7) is 0. The first-order chi connectivity index (χ1) is 8.06.